The first-order valence-electron chi connectivity index (χ1n) is 7.41. The Balaban J connectivity index is 2.81. The minimum atomic E-state index is -3.76. The van der Waals surface area contributed by atoms with Crippen molar-refractivity contribution in [1.82, 2.24) is 4.72 Å². The third-order valence-corrected chi connectivity index (χ3v) is 5.75. The van der Waals surface area contributed by atoms with Crippen LogP contribution in [0.3, 0.4) is 0 Å². The van der Waals surface area contributed by atoms with Gasteiger partial charge in [0.25, 0.3) is 0 Å². The summed E-state index contributed by atoms with van der Waals surface area (Å²) in [6.45, 7) is 2.37. The van der Waals surface area contributed by atoms with E-state index in [-0.39, 0.29) is 4.90 Å². The molecule has 1 aromatic carbocycles. The van der Waals surface area contributed by atoms with Gasteiger partial charge in [0.05, 0.1) is 12.0 Å². The fourth-order valence-electron chi connectivity index (χ4n) is 1.87. The van der Waals surface area contributed by atoms with E-state index in [1.807, 2.05) is 6.07 Å². The van der Waals surface area contributed by atoms with E-state index in [9.17, 15) is 13.2 Å². The summed E-state index contributed by atoms with van der Waals surface area (Å²) in [4.78, 5) is 11.7. The molecule has 6 nitrogen and oxygen atoms in total. The van der Waals surface area contributed by atoms with Crippen LogP contribution in [0.15, 0.2) is 29.2 Å². The van der Waals surface area contributed by atoms with Gasteiger partial charge in [0, 0.05) is 5.75 Å². The SMILES string of the molecule is CCC(NS(=O)(=O)c1cccc(CSCCCN)c1)C(=O)OC. The number of thioether (sulfide) groups is 1. The van der Waals surface area contributed by atoms with Crippen molar-refractivity contribution in [3.05, 3.63) is 29.8 Å². The summed E-state index contributed by atoms with van der Waals surface area (Å²) < 4.78 is 31.8. The maximum Gasteiger partial charge on any atom is 0.323 e. The Labute approximate surface area is 142 Å². The third-order valence-electron chi connectivity index (χ3n) is 3.16. The van der Waals surface area contributed by atoms with Crippen LogP contribution in [0.5, 0.6) is 0 Å². The van der Waals surface area contributed by atoms with Crippen molar-refractivity contribution in [2.24, 2.45) is 5.73 Å². The molecule has 0 bridgehead atoms. The molecule has 1 aromatic rings. The second kappa shape index (κ2) is 9.92. The highest BCUT2D eigenvalue weighted by Crippen LogP contribution is 2.17. The van der Waals surface area contributed by atoms with Gasteiger partial charge >= 0.3 is 5.97 Å². The fraction of sp³-hybridized carbons (Fsp3) is 0.533. The molecule has 0 aromatic heterocycles. The van der Waals surface area contributed by atoms with Gasteiger partial charge < -0.3 is 10.5 Å². The number of nitrogens with two attached hydrogens (primary N) is 1. The van der Waals surface area contributed by atoms with Gasteiger partial charge in [-0.15, -0.1) is 0 Å². The van der Waals surface area contributed by atoms with Gasteiger partial charge in [-0.05, 0) is 42.8 Å². The Morgan fingerprint density at radius 3 is 2.78 bits per heavy atom. The minimum Gasteiger partial charge on any atom is -0.468 e. The van der Waals surface area contributed by atoms with E-state index in [1.165, 1.54) is 13.2 Å². The molecule has 0 spiro atoms. The number of esters is 1. The molecule has 1 unspecified atom stereocenters. The predicted molar refractivity (Wildman–Crippen MR) is 92.7 cm³/mol. The number of hydrogen-bond donors (Lipinski definition) is 2. The zero-order valence-electron chi connectivity index (χ0n) is 13.4. The van der Waals surface area contributed by atoms with Crippen molar-refractivity contribution in [3.8, 4) is 0 Å². The molecule has 3 N–H and O–H groups in total. The van der Waals surface area contributed by atoms with Crippen molar-refractivity contribution >= 4 is 27.8 Å². The molecular formula is C15H24N2O4S2. The van der Waals surface area contributed by atoms with Gasteiger partial charge in [-0.25, -0.2) is 8.42 Å². The van der Waals surface area contributed by atoms with E-state index >= 15 is 0 Å². The average Bonchev–Trinajstić information content (AvgIpc) is 2.56. The predicted octanol–water partition coefficient (Wildman–Crippen LogP) is 1.50. The molecule has 1 rings (SSSR count). The van der Waals surface area contributed by atoms with Gasteiger partial charge in [0.15, 0.2) is 0 Å². The molecule has 0 saturated carbocycles. The summed E-state index contributed by atoms with van der Waals surface area (Å²) in [6.07, 6.45) is 1.25. The zero-order chi connectivity index (χ0) is 17.3. The smallest absolute Gasteiger partial charge is 0.323 e. The van der Waals surface area contributed by atoms with Crippen LogP contribution in [0, 0.1) is 0 Å². The number of sulfonamides is 1. The highest BCUT2D eigenvalue weighted by Gasteiger charge is 2.24. The van der Waals surface area contributed by atoms with Crippen LogP contribution in [0.4, 0.5) is 0 Å². The number of carbonyl (C=O) groups is 1. The highest BCUT2D eigenvalue weighted by atomic mass is 32.2. The molecular weight excluding hydrogens is 336 g/mol. The Morgan fingerprint density at radius 1 is 1.43 bits per heavy atom. The van der Waals surface area contributed by atoms with Gasteiger partial charge in [0.2, 0.25) is 10.0 Å². The lowest BCUT2D eigenvalue weighted by molar-refractivity contribution is -0.142. The van der Waals surface area contributed by atoms with Crippen molar-refractivity contribution in [2.45, 2.75) is 36.5 Å². The molecule has 1 atom stereocenters. The van der Waals surface area contributed by atoms with E-state index in [0.717, 1.165) is 23.5 Å². The van der Waals surface area contributed by atoms with E-state index in [1.54, 1.807) is 30.8 Å². The van der Waals surface area contributed by atoms with Gasteiger partial charge in [-0.2, -0.15) is 16.5 Å². The molecule has 0 heterocycles. The molecule has 0 aliphatic carbocycles. The van der Waals surface area contributed by atoms with Gasteiger partial charge in [0.1, 0.15) is 6.04 Å². The van der Waals surface area contributed by atoms with Crippen molar-refractivity contribution in [1.29, 1.82) is 0 Å². The normalized spacial score (nSPS) is 12.8. The summed E-state index contributed by atoms with van der Waals surface area (Å²) in [5, 5.41) is 0. The largest absolute Gasteiger partial charge is 0.468 e. The maximum absolute atomic E-state index is 12.4. The monoisotopic (exact) mass is 360 g/mol. The number of ether oxygens (including phenoxy) is 1. The minimum absolute atomic E-state index is 0.150. The Morgan fingerprint density at radius 2 is 2.17 bits per heavy atom. The Hall–Kier alpha value is -1.09. The summed E-state index contributed by atoms with van der Waals surface area (Å²) >= 11 is 1.71. The molecule has 0 fully saturated rings. The summed E-state index contributed by atoms with van der Waals surface area (Å²) in [7, 11) is -2.53. The highest BCUT2D eigenvalue weighted by molar-refractivity contribution is 7.98. The lowest BCUT2D eigenvalue weighted by atomic mass is 10.2. The summed E-state index contributed by atoms with van der Waals surface area (Å²) in [5.41, 5.74) is 6.36. The standard InChI is InChI=1S/C15H24N2O4S2/c1-3-14(15(18)21-2)17-23(19,20)13-7-4-6-12(10-13)11-22-9-5-8-16/h4,6-7,10,14,17H,3,5,8-9,11,16H2,1-2H3. The van der Waals surface area contributed by atoms with Crippen LogP contribution >= 0.6 is 11.8 Å². The second-order valence-electron chi connectivity index (χ2n) is 4.95. The third kappa shape index (κ3) is 6.50. The Kier molecular flexibility index (Phi) is 8.60. The van der Waals surface area contributed by atoms with E-state index < -0.39 is 22.0 Å². The molecule has 23 heavy (non-hydrogen) atoms. The Bertz CT molecular complexity index is 605. The first-order chi connectivity index (χ1) is 10.9. The van der Waals surface area contributed by atoms with E-state index in [2.05, 4.69) is 9.46 Å². The zero-order valence-corrected chi connectivity index (χ0v) is 15.1. The van der Waals surface area contributed by atoms with Crippen molar-refractivity contribution in [3.63, 3.8) is 0 Å². The molecule has 130 valence electrons. The van der Waals surface area contributed by atoms with Crippen LogP contribution in [-0.4, -0.2) is 39.8 Å². The van der Waals surface area contributed by atoms with Crippen LogP contribution < -0.4 is 10.5 Å². The average molecular weight is 361 g/mol. The first kappa shape index (κ1) is 20.0. The molecule has 0 aliphatic heterocycles. The second-order valence-corrected chi connectivity index (χ2v) is 7.77. The van der Waals surface area contributed by atoms with E-state index in [4.69, 9.17) is 5.73 Å². The molecule has 0 aliphatic rings. The van der Waals surface area contributed by atoms with Crippen molar-refractivity contribution < 1.29 is 17.9 Å². The lowest BCUT2D eigenvalue weighted by Crippen LogP contribution is -2.40. The molecule has 0 saturated heterocycles. The number of methoxy groups -OCH3 is 1. The fourth-order valence-corrected chi connectivity index (χ4v) is 4.14. The topological polar surface area (TPSA) is 98.5 Å². The van der Waals surface area contributed by atoms with E-state index in [0.29, 0.717) is 13.0 Å². The summed E-state index contributed by atoms with van der Waals surface area (Å²) in [5.74, 6) is 1.06. The molecule has 0 amide bonds. The lowest BCUT2D eigenvalue weighted by Gasteiger charge is -2.15. The van der Waals surface area contributed by atoms with Crippen molar-refractivity contribution in [2.75, 3.05) is 19.4 Å². The van der Waals surface area contributed by atoms with Crippen LogP contribution in [0.2, 0.25) is 0 Å². The maximum atomic E-state index is 12.4. The van der Waals surface area contributed by atoms with Crippen LogP contribution in [-0.2, 0) is 25.3 Å². The number of benzene rings is 1. The molecule has 8 heteroatoms. The molecule has 0 radical (unpaired) electrons. The first-order valence-corrected chi connectivity index (χ1v) is 10.0. The van der Waals surface area contributed by atoms with Gasteiger partial charge in [-0.3, -0.25) is 4.79 Å². The van der Waals surface area contributed by atoms with Crippen LogP contribution in [0.1, 0.15) is 25.3 Å². The van der Waals surface area contributed by atoms with Crippen LogP contribution in [0.25, 0.3) is 0 Å². The number of hydrogen-bond acceptors (Lipinski definition) is 6. The quantitative estimate of drug-likeness (QED) is 0.485. The number of carbonyl (C=O) groups excluding carboxylic acids is 1. The summed E-state index contributed by atoms with van der Waals surface area (Å²) in [6, 6.07) is 5.84. The van der Waals surface area contributed by atoms with Gasteiger partial charge in [-0.1, -0.05) is 19.1 Å². The number of rotatable bonds is 10. The number of nitrogens with one attached hydrogen (secondary N) is 1.